The van der Waals surface area contributed by atoms with Gasteiger partial charge in [0.25, 0.3) is 0 Å². The molecule has 0 fully saturated rings. The molecule has 114 valence electrons. The molecule has 0 spiro atoms. The van der Waals surface area contributed by atoms with E-state index in [9.17, 15) is 4.79 Å². The highest BCUT2D eigenvalue weighted by molar-refractivity contribution is 14.1. The summed E-state index contributed by atoms with van der Waals surface area (Å²) in [6.07, 6.45) is 10.2. The molecule has 5 heteroatoms. The van der Waals surface area contributed by atoms with Gasteiger partial charge in [0.05, 0.1) is 19.3 Å². The number of alkyl halides is 1. The summed E-state index contributed by atoms with van der Waals surface area (Å²) in [6.45, 7) is -0.418. The van der Waals surface area contributed by atoms with Crippen molar-refractivity contribution in [3.63, 3.8) is 0 Å². The lowest BCUT2D eigenvalue weighted by molar-refractivity contribution is -0.122. The molecular weight excluding hydrogens is 357 g/mol. The van der Waals surface area contributed by atoms with E-state index in [0.29, 0.717) is 6.42 Å². The molecule has 19 heavy (non-hydrogen) atoms. The maximum Gasteiger partial charge on any atom is 0.220 e. The summed E-state index contributed by atoms with van der Waals surface area (Å²) in [5.41, 5.74) is 0. The zero-order valence-electron chi connectivity index (χ0n) is 11.7. The van der Waals surface area contributed by atoms with Gasteiger partial charge in [0.1, 0.15) is 0 Å². The first-order valence-corrected chi connectivity index (χ1v) is 8.84. The number of unbranched alkanes of at least 4 members (excludes halogenated alkanes) is 7. The molecule has 0 aliphatic heterocycles. The number of amides is 1. The molecule has 0 aromatic carbocycles. The number of rotatable bonds is 13. The number of carbonyl (C=O) groups excluding carboxylic acids is 1. The molecule has 0 unspecified atom stereocenters. The van der Waals surface area contributed by atoms with Crippen LogP contribution in [-0.2, 0) is 4.79 Å². The minimum Gasteiger partial charge on any atom is -0.394 e. The van der Waals surface area contributed by atoms with Gasteiger partial charge in [-0.15, -0.1) is 0 Å². The smallest absolute Gasteiger partial charge is 0.220 e. The van der Waals surface area contributed by atoms with Crippen LogP contribution in [0.2, 0.25) is 0 Å². The molecule has 0 aliphatic rings. The van der Waals surface area contributed by atoms with E-state index in [4.69, 9.17) is 10.2 Å². The molecular formula is C14H28INO3. The fourth-order valence-corrected chi connectivity index (χ4v) is 2.43. The van der Waals surface area contributed by atoms with Crippen molar-refractivity contribution in [2.24, 2.45) is 0 Å². The number of carbonyl (C=O) groups is 1. The van der Waals surface area contributed by atoms with Gasteiger partial charge in [0, 0.05) is 6.42 Å². The molecule has 0 aromatic heterocycles. The Labute approximate surface area is 130 Å². The number of aliphatic hydroxyl groups excluding tert-OH is 2. The van der Waals surface area contributed by atoms with Crippen LogP contribution in [0.3, 0.4) is 0 Å². The average Bonchev–Trinajstić information content (AvgIpc) is 2.43. The molecule has 4 nitrogen and oxygen atoms in total. The van der Waals surface area contributed by atoms with Gasteiger partial charge in [-0.25, -0.2) is 0 Å². The first kappa shape index (κ1) is 19.1. The largest absolute Gasteiger partial charge is 0.394 e. The maximum atomic E-state index is 11.4. The summed E-state index contributed by atoms with van der Waals surface area (Å²) in [7, 11) is 0. The van der Waals surface area contributed by atoms with Gasteiger partial charge in [0.2, 0.25) is 5.91 Å². The predicted molar refractivity (Wildman–Crippen MR) is 86.5 cm³/mol. The number of halogens is 1. The summed E-state index contributed by atoms with van der Waals surface area (Å²) in [6, 6.07) is -0.509. The van der Waals surface area contributed by atoms with Gasteiger partial charge in [-0.3, -0.25) is 4.79 Å². The van der Waals surface area contributed by atoms with Crippen LogP contribution in [0.4, 0.5) is 0 Å². The Morgan fingerprint density at radius 2 is 1.37 bits per heavy atom. The van der Waals surface area contributed by atoms with Crippen molar-refractivity contribution in [1.29, 1.82) is 0 Å². The number of aliphatic hydroxyl groups is 2. The highest BCUT2D eigenvalue weighted by Crippen LogP contribution is 2.10. The monoisotopic (exact) mass is 385 g/mol. The summed E-state index contributed by atoms with van der Waals surface area (Å²) >= 11 is 2.42. The second kappa shape index (κ2) is 14.5. The van der Waals surface area contributed by atoms with E-state index in [1.807, 2.05) is 0 Å². The van der Waals surface area contributed by atoms with Gasteiger partial charge in [-0.05, 0) is 17.3 Å². The summed E-state index contributed by atoms with van der Waals surface area (Å²) < 4.78 is 1.26. The third-order valence-corrected chi connectivity index (χ3v) is 3.86. The molecule has 0 radical (unpaired) electrons. The Kier molecular flexibility index (Phi) is 14.6. The Bertz CT molecular complexity index is 211. The number of hydrogen-bond acceptors (Lipinski definition) is 3. The van der Waals surface area contributed by atoms with Crippen LogP contribution < -0.4 is 5.32 Å². The Morgan fingerprint density at radius 3 is 1.84 bits per heavy atom. The van der Waals surface area contributed by atoms with Crippen LogP contribution in [0, 0.1) is 0 Å². The Morgan fingerprint density at radius 1 is 0.895 bits per heavy atom. The topological polar surface area (TPSA) is 69.6 Å². The number of hydrogen-bond donors (Lipinski definition) is 3. The molecule has 0 rings (SSSR count). The summed E-state index contributed by atoms with van der Waals surface area (Å²) in [5.74, 6) is -0.0739. The van der Waals surface area contributed by atoms with Crippen molar-refractivity contribution < 1.29 is 15.0 Å². The first-order chi connectivity index (χ1) is 9.24. The zero-order valence-corrected chi connectivity index (χ0v) is 13.9. The Balaban J connectivity index is 3.27. The van der Waals surface area contributed by atoms with Crippen molar-refractivity contribution in [3.8, 4) is 0 Å². The first-order valence-electron chi connectivity index (χ1n) is 7.31. The molecule has 1 amide bonds. The van der Waals surface area contributed by atoms with E-state index in [1.54, 1.807) is 0 Å². The lowest BCUT2D eigenvalue weighted by atomic mass is 10.1. The van der Waals surface area contributed by atoms with Crippen molar-refractivity contribution >= 4 is 28.5 Å². The molecule has 3 N–H and O–H groups in total. The summed E-state index contributed by atoms with van der Waals surface area (Å²) in [5, 5.41) is 20.3. The maximum absolute atomic E-state index is 11.4. The highest BCUT2D eigenvalue weighted by atomic mass is 127. The van der Waals surface area contributed by atoms with Crippen molar-refractivity contribution in [2.75, 3.05) is 17.6 Å². The summed E-state index contributed by atoms with van der Waals surface area (Å²) in [4.78, 5) is 11.4. The minimum absolute atomic E-state index is 0.0739. The fourth-order valence-electron chi connectivity index (χ4n) is 1.89. The normalized spacial score (nSPS) is 10.9. The van der Waals surface area contributed by atoms with E-state index >= 15 is 0 Å². The van der Waals surface area contributed by atoms with Gasteiger partial charge < -0.3 is 15.5 Å². The van der Waals surface area contributed by atoms with Gasteiger partial charge in [-0.1, -0.05) is 61.1 Å². The predicted octanol–water partition coefficient (Wildman–Crippen LogP) is 2.40. The van der Waals surface area contributed by atoms with Gasteiger partial charge >= 0.3 is 0 Å². The number of nitrogens with one attached hydrogen (secondary N) is 1. The molecule has 0 saturated heterocycles. The van der Waals surface area contributed by atoms with Crippen LogP contribution >= 0.6 is 22.6 Å². The fraction of sp³-hybridized carbons (Fsp3) is 0.929. The van der Waals surface area contributed by atoms with E-state index < -0.39 is 6.04 Å². The molecule has 0 atom stereocenters. The standard InChI is InChI=1S/C14H28INO3/c15-10-8-6-4-2-1-3-5-7-9-14(19)16-13(11-17)12-18/h13,17-18H,1-12H2,(H,16,19). The minimum atomic E-state index is -0.509. The highest BCUT2D eigenvalue weighted by Gasteiger charge is 2.09. The van der Waals surface area contributed by atoms with Crippen LogP contribution in [0.15, 0.2) is 0 Å². The van der Waals surface area contributed by atoms with Crippen LogP contribution in [0.1, 0.15) is 57.8 Å². The van der Waals surface area contributed by atoms with Crippen LogP contribution in [0.25, 0.3) is 0 Å². The van der Waals surface area contributed by atoms with Crippen LogP contribution in [0.5, 0.6) is 0 Å². The lowest BCUT2D eigenvalue weighted by Crippen LogP contribution is -2.39. The van der Waals surface area contributed by atoms with Gasteiger partial charge in [0.15, 0.2) is 0 Å². The molecule has 0 aromatic rings. The van der Waals surface area contributed by atoms with E-state index in [1.165, 1.54) is 43.0 Å². The SMILES string of the molecule is O=C(CCCCCCCCCCI)NC(CO)CO. The average molecular weight is 385 g/mol. The van der Waals surface area contributed by atoms with Crippen LogP contribution in [-0.4, -0.2) is 39.8 Å². The van der Waals surface area contributed by atoms with Gasteiger partial charge in [-0.2, -0.15) is 0 Å². The second-order valence-electron chi connectivity index (χ2n) is 4.90. The molecule has 0 heterocycles. The van der Waals surface area contributed by atoms with Crippen molar-refractivity contribution in [2.45, 2.75) is 63.8 Å². The van der Waals surface area contributed by atoms with E-state index in [-0.39, 0.29) is 19.1 Å². The van der Waals surface area contributed by atoms with Crippen molar-refractivity contribution in [1.82, 2.24) is 5.32 Å². The third kappa shape index (κ3) is 12.9. The van der Waals surface area contributed by atoms with Crippen molar-refractivity contribution in [3.05, 3.63) is 0 Å². The third-order valence-electron chi connectivity index (χ3n) is 3.09. The molecule has 0 saturated carbocycles. The zero-order chi connectivity index (χ0) is 14.3. The van der Waals surface area contributed by atoms with E-state index in [2.05, 4.69) is 27.9 Å². The molecule has 0 aliphatic carbocycles. The second-order valence-corrected chi connectivity index (χ2v) is 5.98. The molecule has 0 bridgehead atoms. The quantitative estimate of drug-likeness (QED) is 0.259. The lowest BCUT2D eigenvalue weighted by Gasteiger charge is -2.12. The Hall–Kier alpha value is 0.120. The van der Waals surface area contributed by atoms with E-state index in [0.717, 1.165) is 12.8 Å².